The molecule has 1 amide bonds. The fourth-order valence-electron chi connectivity index (χ4n) is 2.58. The zero-order valence-electron chi connectivity index (χ0n) is 17.2. The van der Waals surface area contributed by atoms with Crippen LogP contribution >= 0.6 is 15.9 Å². The van der Waals surface area contributed by atoms with Crippen LogP contribution in [0.25, 0.3) is 0 Å². The molecule has 0 aliphatic rings. The highest BCUT2D eigenvalue weighted by Crippen LogP contribution is 2.25. The molecule has 0 spiro atoms. The predicted molar refractivity (Wildman–Crippen MR) is 124 cm³/mol. The summed E-state index contributed by atoms with van der Waals surface area (Å²) in [7, 11) is -2.21. The maximum absolute atomic E-state index is 12.1. The van der Waals surface area contributed by atoms with E-state index in [1.54, 1.807) is 31.4 Å². The zero-order valence-corrected chi connectivity index (χ0v) is 19.6. The second-order valence-corrected chi connectivity index (χ2v) is 8.85. The van der Waals surface area contributed by atoms with Crippen LogP contribution in [0.5, 0.6) is 11.5 Å². The summed E-state index contributed by atoms with van der Waals surface area (Å²) in [6.07, 6.45) is 1.06. The quantitative estimate of drug-likeness (QED) is 0.476. The van der Waals surface area contributed by atoms with Crippen molar-refractivity contribution in [2.24, 2.45) is 5.73 Å². The van der Waals surface area contributed by atoms with E-state index in [-0.39, 0.29) is 17.1 Å². The molecule has 164 valence electrons. The number of amides is 1. The van der Waals surface area contributed by atoms with Crippen LogP contribution in [0.3, 0.4) is 0 Å². The number of hydrogen-bond donors (Lipinski definition) is 1. The topological polar surface area (TPSA) is 95.7 Å². The van der Waals surface area contributed by atoms with Crippen molar-refractivity contribution in [3.05, 3.63) is 88.4 Å². The van der Waals surface area contributed by atoms with E-state index >= 15 is 0 Å². The number of aryl methyl sites for hydroxylation is 1. The third-order valence-corrected chi connectivity index (χ3v) is 6.20. The minimum absolute atomic E-state index is 0.0107. The molecule has 3 aromatic rings. The van der Waals surface area contributed by atoms with E-state index in [0.717, 1.165) is 12.2 Å². The highest BCUT2D eigenvalue weighted by atomic mass is 79.9. The number of nitrogens with two attached hydrogens (primary N) is 1. The third kappa shape index (κ3) is 7.73. The highest BCUT2D eigenvalue weighted by Gasteiger charge is 2.17. The first-order valence-electron chi connectivity index (χ1n) is 9.44. The van der Waals surface area contributed by atoms with Crippen molar-refractivity contribution in [3.8, 4) is 11.5 Å². The van der Waals surface area contributed by atoms with Crippen LogP contribution in [-0.2, 0) is 27.8 Å². The lowest BCUT2D eigenvalue weighted by Crippen LogP contribution is -2.14. The van der Waals surface area contributed by atoms with Crippen molar-refractivity contribution in [1.82, 2.24) is 0 Å². The van der Waals surface area contributed by atoms with Gasteiger partial charge in [0.1, 0.15) is 16.4 Å². The molecule has 0 unspecified atom stereocenters. The van der Waals surface area contributed by atoms with Gasteiger partial charge in [0.2, 0.25) is 5.91 Å². The number of rotatable bonds is 7. The molecule has 31 heavy (non-hydrogen) atoms. The Bertz CT molecular complexity index is 1100. The summed E-state index contributed by atoms with van der Waals surface area (Å²) < 4.78 is 35.0. The number of benzene rings is 3. The molecule has 0 bridgehead atoms. The second kappa shape index (κ2) is 11.5. The maximum Gasteiger partial charge on any atom is 0.339 e. The SMILES string of the molecule is CCc1cccc(OC)c1.NC(=O)Cc1cc(OS(=O)(=O)c2ccccc2)ccc1Br. The first-order chi connectivity index (χ1) is 14.7. The molecule has 3 aromatic carbocycles. The summed E-state index contributed by atoms with van der Waals surface area (Å²) in [5.74, 6) is 0.552. The third-order valence-electron chi connectivity index (χ3n) is 4.16. The van der Waals surface area contributed by atoms with Gasteiger partial charge in [-0.3, -0.25) is 4.79 Å². The molecule has 0 aromatic heterocycles. The monoisotopic (exact) mass is 505 g/mol. The lowest BCUT2D eigenvalue weighted by atomic mass is 10.1. The number of primary amides is 1. The molecule has 0 aliphatic heterocycles. The van der Waals surface area contributed by atoms with Gasteiger partial charge in [-0.2, -0.15) is 8.42 Å². The molecule has 0 saturated carbocycles. The fourth-order valence-corrected chi connectivity index (χ4v) is 3.91. The number of ether oxygens (including phenoxy) is 1. The Morgan fingerprint density at radius 2 is 1.68 bits per heavy atom. The molecular formula is C23H24BrNO5S. The summed E-state index contributed by atoms with van der Waals surface area (Å²) in [6, 6.07) is 20.5. The van der Waals surface area contributed by atoms with Crippen LogP contribution in [0.2, 0.25) is 0 Å². The van der Waals surface area contributed by atoms with E-state index in [9.17, 15) is 13.2 Å². The Morgan fingerprint density at radius 3 is 2.29 bits per heavy atom. The summed E-state index contributed by atoms with van der Waals surface area (Å²) >= 11 is 3.27. The van der Waals surface area contributed by atoms with E-state index in [2.05, 4.69) is 35.0 Å². The minimum Gasteiger partial charge on any atom is -0.497 e. The Labute approximate surface area is 191 Å². The van der Waals surface area contributed by atoms with Crippen molar-refractivity contribution in [2.45, 2.75) is 24.7 Å². The number of halogens is 1. The normalized spacial score (nSPS) is 10.5. The Kier molecular flexibility index (Phi) is 9.08. The number of carbonyl (C=O) groups excluding carboxylic acids is 1. The predicted octanol–water partition coefficient (Wildman–Crippen LogP) is 4.50. The van der Waals surface area contributed by atoms with Gasteiger partial charge in [0, 0.05) is 4.47 Å². The number of hydrogen-bond acceptors (Lipinski definition) is 5. The smallest absolute Gasteiger partial charge is 0.339 e. The van der Waals surface area contributed by atoms with Crippen LogP contribution in [0.15, 0.2) is 82.2 Å². The first kappa shape index (κ1) is 24.4. The number of carbonyl (C=O) groups is 1. The molecule has 3 rings (SSSR count). The summed E-state index contributed by atoms with van der Waals surface area (Å²) in [4.78, 5) is 11.0. The molecular weight excluding hydrogens is 482 g/mol. The van der Waals surface area contributed by atoms with Crippen molar-refractivity contribution in [1.29, 1.82) is 0 Å². The largest absolute Gasteiger partial charge is 0.497 e. The van der Waals surface area contributed by atoms with E-state index in [1.165, 1.54) is 29.8 Å². The maximum atomic E-state index is 12.1. The lowest BCUT2D eigenvalue weighted by molar-refractivity contribution is -0.117. The van der Waals surface area contributed by atoms with E-state index in [1.807, 2.05) is 12.1 Å². The van der Waals surface area contributed by atoms with Gasteiger partial charge in [-0.25, -0.2) is 0 Å². The average molecular weight is 506 g/mol. The van der Waals surface area contributed by atoms with Gasteiger partial charge in [-0.1, -0.05) is 53.2 Å². The Morgan fingerprint density at radius 1 is 0.968 bits per heavy atom. The van der Waals surface area contributed by atoms with Gasteiger partial charge < -0.3 is 14.7 Å². The van der Waals surface area contributed by atoms with Crippen LogP contribution in [0.1, 0.15) is 18.1 Å². The molecule has 0 radical (unpaired) electrons. The van der Waals surface area contributed by atoms with Gasteiger partial charge >= 0.3 is 10.1 Å². The lowest BCUT2D eigenvalue weighted by Gasteiger charge is -2.09. The number of methoxy groups -OCH3 is 1. The molecule has 8 heteroatoms. The van der Waals surface area contributed by atoms with Crippen molar-refractivity contribution >= 4 is 32.0 Å². The zero-order chi connectivity index (χ0) is 22.9. The molecule has 0 atom stereocenters. The average Bonchev–Trinajstić information content (AvgIpc) is 2.76. The van der Waals surface area contributed by atoms with Crippen LogP contribution < -0.4 is 14.7 Å². The van der Waals surface area contributed by atoms with E-state index < -0.39 is 16.0 Å². The minimum atomic E-state index is -3.90. The van der Waals surface area contributed by atoms with Gasteiger partial charge in [0.15, 0.2) is 0 Å². The summed E-state index contributed by atoms with van der Waals surface area (Å²) in [5, 5.41) is 0. The van der Waals surface area contributed by atoms with Crippen LogP contribution in [0.4, 0.5) is 0 Å². The molecule has 0 aliphatic carbocycles. The second-order valence-electron chi connectivity index (χ2n) is 6.45. The molecule has 6 nitrogen and oxygen atoms in total. The fraction of sp³-hybridized carbons (Fsp3) is 0.174. The van der Waals surface area contributed by atoms with Crippen LogP contribution in [-0.4, -0.2) is 21.4 Å². The summed E-state index contributed by atoms with van der Waals surface area (Å²) in [5.41, 5.74) is 7.02. The van der Waals surface area contributed by atoms with E-state index in [0.29, 0.717) is 10.0 Å². The molecule has 0 saturated heterocycles. The first-order valence-corrected chi connectivity index (χ1v) is 11.6. The van der Waals surface area contributed by atoms with Crippen molar-refractivity contribution in [2.75, 3.05) is 7.11 Å². The van der Waals surface area contributed by atoms with Gasteiger partial charge in [-0.05, 0) is 60.0 Å². The molecule has 0 fully saturated rings. The highest BCUT2D eigenvalue weighted by molar-refractivity contribution is 9.10. The molecule has 0 heterocycles. The van der Waals surface area contributed by atoms with Crippen LogP contribution in [0, 0.1) is 0 Å². The van der Waals surface area contributed by atoms with Crippen molar-refractivity contribution in [3.63, 3.8) is 0 Å². The van der Waals surface area contributed by atoms with Gasteiger partial charge in [0.25, 0.3) is 0 Å². The van der Waals surface area contributed by atoms with E-state index in [4.69, 9.17) is 14.7 Å². The molecule has 2 N–H and O–H groups in total. The Balaban J connectivity index is 0.000000285. The van der Waals surface area contributed by atoms with Gasteiger partial charge in [-0.15, -0.1) is 0 Å². The standard InChI is InChI=1S/C14H12BrNO4S.C9H12O/c15-13-7-6-11(8-10(13)9-14(16)17)20-21(18,19)12-4-2-1-3-5-12;1-3-8-5-4-6-9(7-8)10-2/h1-8H,9H2,(H2,16,17);4-7H,3H2,1-2H3. The Hall–Kier alpha value is -2.84. The summed E-state index contributed by atoms with van der Waals surface area (Å²) in [6.45, 7) is 2.13. The van der Waals surface area contributed by atoms with Crippen molar-refractivity contribution < 1.29 is 22.1 Å². The van der Waals surface area contributed by atoms with Gasteiger partial charge in [0.05, 0.1) is 13.5 Å².